The van der Waals surface area contributed by atoms with E-state index in [1.54, 1.807) is 12.1 Å². The molecule has 4 nitrogen and oxygen atoms in total. The number of carboxylic acid groups (broad SMARTS) is 1. The van der Waals surface area contributed by atoms with Crippen LogP contribution in [0.5, 0.6) is 11.5 Å². The molecule has 0 radical (unpaired) electrons. The van der Waals surface area contributed by atoms with Crippen LogP contribution in [0, 0.1) is 6.92 Å². The van der Waals surface area contributed by atoms with Crippen molar-refractivity contribution in [3.63, 3.8) is 0 Å². The molecular formula is C16H15BrO4. The van der Waals surface area contributed by atoms with E-state index in [4.69, 9.17) is 14.6 Å². The molecule has 0 fully saturated rings. The lowest BCUT2D eigenvalue weighted by Crippen LogP contribution is -2.03. The molecule has 2 aromatic carbocycles. The first-order valence-electron chi connectivity index (χ1n) is 6.30. The summed E-state index contributed by atoms with van der Waals surface area (Å²) in [6.07, 6.45) is 0. The molecule has 0 unspecified atom stereocenters. The van der Waals surface area contributed by atoms with E-state index >= 15 is 0 Å². The minimum Gasteiger partial charge on any atom is -0.496 e. The standard InChI is InChI=1S/C16H15BrO4/c1-10-3-6-14(13(17)7-10)21-9-11-4-5-12(16(18)19)15(8-11)20-2/h3-8H,9H2,1-2H3,(H,18,19). The number of ether oxygens (including phenoxy) is 2. The molecule has 0 aliphatic heterocycles. The van der Waals surface area contributed by atoms with Gasteiger partial charge < -0.3 is 14.6 Å². The molecule has 2 aromatic rings. The van der Waals surface area contributed by atoms with Gasteiger partial charge in [-0.15, -0.1) is 0 Å². The Morgan fingerprint density at radius 3 is 2.57 bits per heavy atom. The molecule has 0 saturated heterocycles. The Morgan fingerprint density at radius 1 is 1.19 bits per heavy atom. The van der Waals surface area contributed by atoms with Crippen LogP contribution >= 0.6 is 15.9 Å². The number of benzene rings is 2. The lowest BCUT2D eigenvalue weighted by atomic mass is 10.1. The van der Waals surface area contributed by atoms with Crippen LogP contribution in [-0.4, -0.2) is 18.2 Å². The molecule has 0 saturated carbocycles. The molecule has 0 atom stereocenters. The molecule has 5 heteroatoms. The molecule has 0 heterocycles. The number of rotatable bonds is 5. The molecule has 21 heavy (non-hydrogen) atoms. The zero-order valence-electron chi connectivity index (χ0n) is 11.7. The Morgan fingerprint density at radius 2 is 1.95 bits per heavy atom. The molecule has 1 N–H and O–H groups in total. The van der Waals surface area contributed by atoms with E-state index in [0.29, 0.717) is 12.4 Å². The Labute approximate surface area is 131 Å². The Bertz CT molecular complexity index is 667. The van der Waals surface area contributed by atoms with Gasteiger partial charge in [0.2, 0.25) is 0 Å². The maximum Gasteiger partial charge on any atom is 0.339 e. The lowest BCUT2D eigenvalue weighted by molar-refractivity contribution is 0.0693. The number of hydrogen-bond acceptors (Lipinski definition) is 3. The summed E-state index contributed by atoms with van der Waals surface area (Å²) in [4.78, 5) is 11.0. The molecule has 0 aromatic heterocycles. The van der Waals surface area contributed by atoms with Gasteiger partial charge in [-0.1, -0.05) is 12.1 Å². The van der Waals surface area contributed by atoms with Crippen LogP contribution in [0.3, 0.4) is 0 Å². The SMILES string of the molecule is COc1cc(COc2ccc(C)cc2Br)ccc1C(=O)O. The summed E-state index contributed by atoms with van der Waals surface area (Å²) in [6, 6.07) is 10.7. The van der Waals surface area contributed by atoms with Crippen molar-refractivity contribution in [2.75, 3.05) is 7.11 Å². The van der Waals surface area contributed by atoms with Gasteiger partial charge in [-0.3, -0.25) is 0 Å². The second kappa shape index (κ2) is 6.63. The third-order valence-corrected chi connectivity index (χ3v) is 3.60. The normalized spacial score (nSPS) is 10.2. The maximum atomic E-state index is 11.0. The number of carbonyl (C=O) groups is 1. The fourth-order valence-electron chi connectivity index (χ4n) is 1.89. The quantitative estimate of drug-likeness (QED) is 0.883. The zero-order valence-corrected chi connectivity index (χ0v) is 13.3. The summed E-state index contributed by atoms with van der Waals surface area (Å²) in [7, 11) is 1.45. The number of aryl methyl sites for hydroxylation is 1. The van der Waals surface area contributed by atoms with Crippen molar-refractivity contribution in [1.29, 1.82) is 0 Å². The number of hydrogen-bond donors (Lipinski definition) is 1. The lowest BCUT2D eigenvalue weighted by Gasteiger charge is -2.11. The molecule has 0 amide bonds. The first-order valence-corrected chi connectivity index (χ1v) is 7.09. The van der Waals surface area contributed by atoms with Gasteiger partial charge in [-0.25, -0.2) is 4.79 Å². The molecule has 0 bridgehead atoms. The summed E-state index contributed by atoms with van der Waals surface area (Å²) >= 11 is 3.45. The van der Waals surface area contributed by atoms with Crippen LogP contribution in [0.15, 0.2) is 40.9 Å². The zero-order chi connectivity index (χ0) is 15.4. The highest BCUT2D eigenvalue weighted by molar-refractivity contribution is 9.10. The smallest absolute Gasteiger partial charge is 0.339 e. The van der Waals surface area contributed by atoms with E-state index in [-0.39, 0.29) is 5.56 Å². The van der Waals surface area contributed by atoms with Crippen LogP contribution in [0.25, 0.3) is 0 Å². The van der Waals surface area contributed by atoms with Crippen molar-refractivity contribution in [1.82, 2.24) is 0 Å². The predicted molar refractivity (Wildman–Crippen MR) is 83.2 cm³/mol. The largest absolute Gasteiger partial charge is 0.496 e. The topological polar surface area (TPSA) is 55.8 Å². The van der Waals surface area contributed by atoms with Crippen LogP contribution in [-0.2, 0) is 6.61 Å². The van der Waals surface area contributed by atoms with Crippen molar-refractivity contribution in [2.24, 2.45) is 0 Å². The average Bonchev–Trinajstić information content (AvgIpc) is 2.45. The monoisotopic (exact) mass is 350 g/mol. The van der Waals surface area contributed by atoms with Crippen molar-refractivity contribution in [2.45, 2.75) is 13.5 Å². The Kier molecular flexibility index (Phi) is 4.85. The van der Waals surface area contributed by atoms with Gasteiger partial charge in [0, 0.05) is 0 Å². The third-order valence-electron chi connectivity index (χ3n) is 2.98. The first-order chi connectivity index (χ1) is 10.0. The van der Waals surface area contributed by atoms with Crippen molar-refractivity contribution in [3.05, 3.63) is 57.6 Å². The minimum absolute atomic E-state index is 0.137. The molecular weight excluding hydrogens is 336 g/mol. The summed E-state index contributed by atoms with van der Waals surface area (Å²) < 4.78 is 11.7. The van der Waals surface area contributed by atoms with Crippen molar-refractivity contribution >= 4 is 21.9 Å². The van der Waals surface area contributed by atoms with Gasteiger partial charge in [-0.05, 0) is 58.2 Å². The Balaban J connectivity index is 2.15. The fraction of sp³-hybridized carbons (Fsp3) is 0.188. The highest BCUT2D eigenvalue weighted by atomic mass is 79.9. The minimum atomic E-state index is -1.01. The predicted octanol–water partition coefficient (Wildman–Crippen LogP) is 4.04. The average molecular weight is 351 g/mol. The van der Waals surface area contributed by atoms with Crippen molar-refractivity contribution < 1.29 is 19.4 Å². The highest BCUT2D eigenvalue weighted by Crippen LogP contribution is 2.27. The number of carboxylic acids is 1. The van der Waals surface area contributed by atoms with Crippen LogP contribution in [0.2, 0.25) is 0 Å². The second-order valence-corrected chi connectivity index (χ2v) is 5.42. The van der Waals surface area contributed by atoms with Crippen LogP contribution < -0.4 is 9.47 Å². The second-order valence-electron chi connectivity index (χ2n) is 4.56. The van der Waals surface area contributed by atoms with Gasteiger partial charge in [0.15, 0.2) is 0 Å². The van der Waals surface area contributed by atoms with Gasteiger partial charge in [0.05, 0.1) is 11.6 Å². The maximum absolute atomic E-state index is 11.0. The van der Waals surface area contributed by atoms with E-state index < -0.39 is 5.97 Å². The number of methoxy groups -OCH3 is 1. The molecule has 0 aliphatic carbocycles. The Hall–Kier alpha value is -2.01. The summed E-state index contributed by atoms with van der Waals surface area (Å²) in [5, 5.41) is 9.04. The van der Waals surface area contributed by atoms with E-state index in [2.05, 4.69) is 15.9 Å². The summed E-state index contributed by atoms with van der Waals surface area (Å²) in [5.74, 6) is 0.0500. The van der Waals surface area contributed by atoms with E-state index in [0.717, 1.165) is 21.3 Å². The van der Waals surface area contributed by atoms with E-state index in [9.17, 15) is 4.79 Å². The third kappa shape index (κ3) is 3.76. The molecule has 2 rings (SSSR count). The van der Waals surface area contributed by atoms with Gasteiger partial charge in [0.1, 0.15) is 23.7 Å². The molecule has 0 aliphatic rings. The highest BCUT2D eigenvalue weighted by Gasteiger charge is 2.11. The molecule has 0 spiro atoms. The summed E-state index contributed by atoms with van der Waals surface area (Å²) in [5.41, 5.74) is 2.11. The van der Waals surface area contributed by atoms with E-state index in [1.165, 1.54) is 13.2 Å². The summed E-state index contributed by atoms with van der Waals surface area (Å²) in [6.45, 7) is 2.34. The van der Waals surface area contributed by atoms with Crippen molar-refractivity contribution in [3.8, 4) is 11.5 Å². The van der Waals surface area contributed by atoms with Crippen LogP contribution in [0.4, 0.5) is 0 Å². The first kappa shape index (κ1) is 15.4. The number of halogens is 1. The van der Waals surface area contributed by atoms with Gasteiger partial charge in [0.25, 0.3) is 0 Å². The van der Waals surface area contributed by atoms with Gasteiger partial charge >= 0.3 is 5.97 Å². The van der Waals surface area contributed by atoms with E-state index in [1.807, 2.05) is 25.1 Å². The fourth-order valence-corrected chi connectivity index (χ4v) is 2.49. The van der Waals surface area contributed by atoms with Crippen LogP contribution in [0.1, 0.15) is 21.5 Å². The van der Waals surface area contributed by atoms with Gasteiger partial charge in [-0.2, -0.15) is 0 Å². The number of aromatic carboxylic acids is 1. The molecule has 110 valence electrons.